The molecule has 4 N–H and O–H groups in total. The van der Waals surface area contributed by atoms with Gasteiger partial charge in [-0.15, -0.1) is 10.2 Å². The van der Waals surface area contributed by atoms with E-state index in [0.717, 1.165) is 0 Å². The molecule has 8 nitrogen and oxygen atoms in total. The summed E-state index contributed by atoms with van der Waals surface area (Å²) in [6, 6.07) is 2.96. The van der Waals surface area contributed by atoms with Gasteiger partial charge in [-0.05, 0) is 25.0 Å². The average molecular weight is 293 g/mol. The zero-order valence-electron chi connectivity index (χ0n) is 10.3. The fourth-order valence-corrected chi connectivity index (χ4v) is 2.38. The first-order valence-electron chi connectivity index (χ1n) is 5.85. The van der Waals surface area contributed by atoms with E-state index in [0.29, 0.717) is 28.7 Å². The molecule has 0 bridgehead atoms. The minimum Gasteiger partial charge on any atom is -0.462 e. The van der Waals surface area contributed by atoms with Crippen LogP contribution in [0.4, 0.5) is 9.93 Å². The van der Waals surface area contributed by atoms with Gasteiger partial charge < -0.3 is 15.5 Å². The number of aromatic nitrogens is 2. The maximum Gasteiger partial charge on any atom is 0.321 e. The Labute approximate surface area is 117 Å². The van der Waals surface area contributed by atoms with Crippen LogP contribution in [0.1, 0.15) is 12.8 Å². The summed E-state index contributed by atoms with van der Waals surface area (Å²) in [4.78, 5) is 22.9. The molecular formula is C11H11N5O3S. The summed E-state index contributed by atoms with van der Waals surface area (Å²) in [5.41, 5.74) is 4.32. The van der Waals surface area contributed by atoms with Crippen LogP contribution in [0.3, 0.4) is 0 Å². The molecule has 104 valence electrons. The maximum atomic E-state index is 11.8. The molecule has 0 aliphatic heterocycles. The summed E-state index contributed by atoms with van der Waals surface area (Å²) in [5.74, 6) is 0.0490. The van der Waals surface area contributed by atoms with Gasteiger partial charge in [0.2, 0.25) is 11.0 Å². The quantitative estimate of drug-likeness (QED) is 0.774. The van der Waals surface area contributed by atoms with Crippen LogP contribution >= 0.6 is 11.3 Å². The number of carbonyl (C=O) groups excluding carboxylic acids is 2. The number of nitrogens with two attached hydrogens (primary N) is 1. The van der Waals surface area contributed by atoms with E-state index in [4.69, 9.17) is 10.2 Å². The predicted molar refractivity (Wildman–Crippen MR) is 70.9 cm³/mol. The van der Waals surface area contributed by atoms with E-state index in [2.05, 4.69) is 20.8 Å². The molecule has 0 spiro atoms. The van der Waals surface area contributed by atoms with E-state index < -0.39 is 17.5 Å². The molecule has 3 rings (SSSR count). The molecule has 1 aliphatic carbocycles. The fourth-order valence-electron chi connectivity index (χ4n) is 1.68. The highest BCUT2D eigenvalue weighted by molar-refractivity contribution is 7.18. The van der Waals surface area contributed by atoms with Crippen LogP contribution in [-0.4, -0.2) is 27.7 Å². The van der Waals surface area contributed by atoms with E-state index in [1.807, 2.05) is 0 Å². The van der Waals surface area contributed by atoms with Crippen molar-refractivity contribution in [2.45, 2.75) is 18.4 Å². The number of nitrogens with zero attached hydrogens (tertiary/aromatic N) is 2. The van der Waals surface area contributed by atoms with Crippen molar-refractivity contribution in [2.75, 3.05) is 5.32 Å². The highest BCUT2D eigenvalue weighted by Crippen LogP contribution is 2.35. The number of amides is 3. The lowest BCUT2D eigenvalue weighted by molar-refractivity contribution is -0.120. The molecule has 0 saturated heterocycles. The standard InChI is InChI=1S/C11H11N5O3S/c12-8(17)11(3-4-11)14-9(18)13-10-16-15-7(20-10)6-2-1-5-19-6/h1-2,5H,3-4H2,(H2,12,17)(H2,13,14,16,18). The first-order valence-corrected chi connectivity index (χ1v) is 6.67. The third kappa shape index (κ3) is 2.35. The first-order chi connectivity index (χ1) is 9.59. The van der Waals surface area contributed by atoms with Gasteiger partial charge in [0.25, 0.3) is 0 Å². The van der Waals surface area contributed by atoms with E-state index in [9.17, 15) is 9.59 Å². The lowest BCUT2D eigenvalue weighted by atomic mass is 10.2. The summed E-state index contributed by atoms with van der Waals surface area (Å²) in [7, 11) is 0. The van der Waals surface area contributed by atoms with Crippen molar-refractivity contribution >= 4 is 28.4 Å². The summed E-state index contributed by atoms with van der Waals surface area (Å²) in [5, 5.41) is 13.7. The largest absolute Gasteiger partial charge is 0.462 e. The van der Waals surface area contributed by atoms with Gasteiger partial charge in [-0.25, -0.2) is 4.79 Å². The Morgan fingerprint density at radius 1 is 1.40 bits per heavy atom. The second kappa shape index (κ2) is 4.60. The monoisotopic (exact) mass is 293 g/mol. The highest BCUT2D eigenvalue weighted by Gasteiger charge is 2.50. The van der Waals surface area contributed by atoms with Crippen LogP contribution in [0.5, 0.6) is 0 Å². The third-order valence-electron chi connectivity index (χ3n) is 2.95. The number of nitrogens with one attached hydrogen (secondary N) is 2. The van der Waals surface area contributed by atoms with Gasteiger partial charge in [0.05, 0.1) is 6.26 Å². The van der Waals surface area contributed by atoms with E-state index >= 15 is 0 Å². The number of hydrogen-bond acceptors (Lipinski definition) is 6. The molecule has 0 unspecified atom stereocenters. The normalized spacial score (nSPS) is 15.6. The van der Waals surface area contributed by atoms with Crippen molar-refractivity contribution in [2.24, 2.45) is 5.73 Å². The van der Waals surface area contributed by atoms with Crippen LogP contribution in [0, 0.1) is 0 Å². The predicted octanol–water partition coefficient (Wildman–Crippen LogP) is 0.937. The number of urea groups is 1. The first kappa shape index (κ1) is 12.6. The number of anilines is 1. The van der Waals surface area contributed by atoms with Gasteiger partial charge in [-0.1, -0.05) is 11.3 Å². The molecule has 0 radical (unpaired) electrons. The SMILES string of the molecule is NC(=O)C1(NC(=O)Nc2nnc(-c3ccco3)s2)CC1. The molecule has 20 heavy (non-hydrogen) atoms. The zero-order valence-corrected chi connectivity index (χ0v) is 11.1. The van der Waals surface area contributed by atoms with Crippen molar-refractivity contribution in [3.05, 3.63) is 18.4 Å². The number of rotatable bonds is 4. The summed E-state index contributed by atoms with van der Waals surface area (Å²) >= 11 is 1.17. The fraction of sp³-hybridized carbons (Fsp3) is 0.273. The van der Waals surface area contributed by atoms with Gasteiger partial charge in [-0.3, -0.25) is 10.1 Å². The molecule has 2 heterocycles. The van der Waals surface area contributed by atoms with E-state index in [1.54, 1.807) is 12.1 Å². The topological polar surface area (TPSA) is 123 Å². The second-order valence-electron chi connectivity index (χ2n) is 4.42. The molecule has 1 fully saturated rings. The Balaban J connectivity index is 1.64. The van der Waals surface area contributed by atoms with E-state index in [-0.39, 0.29) is 0 Å². The van der Waals surface area contributed by atoms with Crippen molar-refractivity contribution < 1.29 is 14.0 Å². The van der Waals surface area contributed by atoms with Crippen LogP contribution in [-0.2, 0) is 4.79 Å². The van der Waals surface area contributed by atoms with Crippen molar-refractivity contribution in [3.8, 4) is 10.8 Å². The Morgan fingerprint density at radius 2 is 2.20 bits per heavy atom. The minimum atomic E-state index is -0.904. The second-order valence-corrected chi connectivity index (χ2v) is 5.39. The molecule has 9 heteroatoms. The third-order valence-corrected chi connectivity index (χ3v) is 3.81. The Hall–Kier alpha value is -2.42. The molecule has 1 aliphatic rings. The summed E-state index contributed by atoms with van der Waals surface area (Å²) < 4.78 is 5.18. The summed E-state index contributed by atoms with van der Waals surface area (Å²) in [6.45, 7) is 0. The van der Waals surface area contributed by atoms with Crippen molar-refractivity contribution in [1.29, 1.82) is 0 Å². The van der Waals surface area contributed by atoms with Crippen LogP contribution in [0.25, 0.3) is 10.8 Å². The zero-order chi connectivity index (χ0) is 14.2. The van der Waals surface area contributed by atoms with Gasteiger partial charge >= 0.3 is 6.03 Å². The number of furan rings is 1. The molecule has 2 aromatic heterocycles. The van der Waals surface area contributed by atoms with Gasteiger partial charge in [0, 0.05) is 0 Å². The molecule has 3 amide bonds. The molecule has 2 aromatic rings. The molecule has 0 atom stereocenters. The van der Waals surface area contributed by atoms with Gasteiger partial charge in [0.15, 0.2) is 10.8 Å². The average Bonchev–Trinajstić information content (AvgIpc) is 2.83. The molecular weight excluding hydrogens is 282 g/mol. The number of primary amides is 1. The van der Waals surface area contributed by atoms with Crippen LogP contribution in [0.15, 0.2) is 22.8 Å². The lowest BCUT2D eigenvalue weighted by Gasteiger charge is -2.12. The van der Waals surface area contributed by atoms with E-state index in [1.165, 1.54) is 17.6 Å². The Bertz CT molecular complexity index is 647. The highest BCUT2D eigenvalue weighted by atomic mass is 32.1. The maximum absolute atomic E-state index is 11.8. The van der Waals surface area contributed by atoms with Crippen molar-refractivity contribution in [1.82, 2.24) is 15.5 Å². The summed E-state index contributed by atoms with van der Waals surface area (Å²) in [6.07, 6.45) is 2.65. The number of hydrogen-bond donors (Lipinski definition) is 3. The molecule has 0 aromatic carbocycles. The minimum absolute atomic E-state index is 0.314. The Kier molecular flexibility index (Phi) is 2.90. The van der Waals surface area contributed by atoms with Gasteiger partial charge in [0.1, 0.15) is 5.54 Å². The van der Waals surface area contributed by atoms with Gasteiger partial charge in [-0.2, -0.15) is 0 Å². The molecule has 1 saturated carbocycles. The smallest absolute Gasteiger partial charge is 0.321 e. The van der Waals surface area contributed by atoms with Crippen molar-refractivity contribution in [3.63, 3.8) is 0 Å². The number of carbonyl (C=O) groups is 2. The van der Waals surface area contributed by atoms with Crippen LogP contribution in [0.2, 0.25) is 0 Å². The Morgan fingerprint density at radius 3 is 2.80 bits per heavy atom. The lowest BCUT2D eigenvalue weighted by Crippen LogP contribution is -2.48. The van der Waals surface area contributed by atoms with Crippen LogP contribution < -0.4 is 16.4 Å².